The molecule has 2 heteroatoms. The van der Waals surface area contributed by atoms with Crippen molar-refractivity contribution in [2.24, 2.45) is 7.05 Å². The Kier molecular flexibility index (Phi) is 1.60. The van der Waals surface area contributed by atoms with Gasteiger partial charge in [-0.1, -0.05) is 5.92 Å². The van der Waals surface area contributed by atoms with Crippen LogP contribution in [0.5, 0.6) is 0 Å². The summed E-state index contributed by atoms with van der Waals surface area (Å²) in [7, 11) is 1.91. The summed E-state index contributed by atoms with van der Waals surface area (Å²) in [4.78, 5) is 0. The van der Waals surface area contributed by atoms with Crippen LogP contribution in [0.1, 0.15) is 11.1 Å². The SMILES string of the molecule is C#Cc1cc(C)c2nn(C)cc2c1. The molecule has 0 unspecified atom stereocenters. The van der Waals surface area contributed by atoms with Crippen molar-refractivity contribution in [1.82, 2.24) is 9.78 Å². The lowest BCUT2D eigenvalue weighted by Gasteiger charge is -1.95. The lowest BCUT2D eigenvalue weighted by atomic mass is 10.1. The van der Waals surface area contributed by atoms with Crippen LogP contribution in [0.25, 0.3) is 10.9 Å². The lowest BCUT2D eigenvalue weighted by Crippen LogP contribution is -1.86. The van der Waals surface area contributed by atoms with Gasteiger partial charge in [-0.25, -0.2) is 0 Å². The van der Waals surface area contributed by atoms with Crippen molar-refractivity contribution in [3.8, 4) is 12.3 Å². The van der Waals surface area contributed by atoms with E-state index in [9.17, 15) is 0 Å². The van der Waals surface area contributed by atoms with Crippen LogP contribution < -0.4 is 0 Å². The lowest BCUT2D eigenvalue weighted by molar-refractivity contribution is 0.779. The van der Waals surface area contributed by atoms with Crippen molar-refractivity contribution < 1.29 is 0 Å². The summed E-state index contributed by atoms with van der Waals surface area (Å²) < 4.78 is 1.80. The largest absolute Gasteiger partial charge is 0.275 e. The smallest absolute Gasteiger partial charge is 0.0953 e. The molecule has 0 spiro atoms. The highest BCUT2D eigenvalue weighted by Crippen LogP contribution is 2.18. The summed E-state index contributed by atoms with van der Waals surface area (Å²) in [6.45, 7) is 2.02. The predicted octanol–water partition coefficient (Wildman–Crippen LogP) is 1.86. The van der Waals surface area contributed by atoms with E-state index in [-0.39, 0.29) is 0 Å². The normalized spacial score (nSPS) is 10.2. The number of benzene rings is 1. The van der Waals surface area contributed by atoms with Crippen molar-refractivity contribution in [2.75, 3.05) is 0 Å². The molecular formula is C11H10N2. The number of rotatable bonds is 0. The summed E-state index contributed by atoms with van der Waals surface area (Å²) in [6, 6.07) is 3.96. The minimum absolute atomic E-state index is 0.915. The molecule has 0 atom stereocenters. The number of fused-ring (bicyclic) bond motifs is 1. The van der Waals surface area contributed by atoms with E-state index in [1.807, 2.05) is 32.3 Å². The van der Waals surface area contributed by atoms with E-state index in [4.69, 9.17) is 6.42 Å². The van der Waals surface area contributed by atoms with Crippen LogP contribution in [0.4, 0.5) is 0 Å². The molecular weight excluding hydrogens is 160 g/mol. The first-order chi connectivity index (χ1) is 6.20. The quantitative estimate of drug-likeness (QED) is 0.552. The summed E-state index contributed by atoms with van der Waals surface area (Å²) in [5.41, 5.74) is 3.07. The number of terminal acetylenes is 1. The molecule has 64 valence electrons. The third kappa shape index (κ3) is 1.19. The van der Waals surface area contributed by atoms with Crippen molar-refractivity contribution in [1.29, 1.82) is 0 Å². The summed E-state index contributed by atoms with van der Waals surface area (Å²) >= 11 is 0. The highest BCUT2D eigenvalue weighted by atomic mass is 15.2. The van der Waals surface area contributed by atoms with E-state index in [1.165, 1.54) is 0 Å². The van der Waals surface area contributed by atoms with Crippen molar-refractivity contribution in [3.63, 3.8) is 0 Å². The maximum absolute atomic E-state index is 5.34. The maximum atomic E-state index is 5.34. The maximum Gasteiger partial charge on any atom is 0.0953 e. The van der Waals surface area contributed by atoms with Gasteiger partial charge in [0, 0.05) is 24.2 Å². The van der Waals surface area contributed by atoms with Crippen LogP contribution in [0, 0.1) is 19.3 Å². The van der Waals surface area contributed by atoms with Crippen LogP contribution in [-0.2, 0) is 7.05 Å². The molecule has 1 aromatic carbocycles. The molecule has 0 radical (unpaired) electrons. The Bertz CT molecular complexity index is 501. The van der Waals surface area contributed by atoms with E-state index in [0.717, 1.165) is 22.0 Å². The number of hydrogen-bond acceptors (Lipinski definition) is 1. The molecule has 0 bridgehead atoms. The minimum Gasteiger partial charge on any atom is -0.275 e. The van der Waals surface area contributed by atoms with E-state index < -0.39 is 0 Å². The fourth-order valence-electron chi connectivity index (χ4n) is 1.51. The molecule has 2 rings (SSSR count). The van der Waals surface area contributed by atoms with Gasteiger partial charge < -0.3 is 0 Å². The van der Waals surface area contributed by atoms with Crippen LogP contribution in [0.15, 0.2) is 18.3 Å². The van der Waals surface area contributed by atoms with Gasteiger partial charge in [-0.15, -0.1) is 6.42 Å². The van der Waals surface area contributed by atoms with Crippen LogP contribution in [-0.4, -0.2) is 9.78 Å². The van der Waals surface area contributed by atoms with E-state index in [1.54, 1.807) is 4.68 Å². The first-order valence-electron chi connectivity index (χ1n) is 4.11. The second-order valence-corrected chi connectivity index (χ2v) is 3.18. The third-order valence-electron chi connectivity index (χ3n) is 2.08. The standard InChI is InChI=1S/C11H10N2/c1-4-9-5-8(2)11-10(6-9)7-13(3)12-11/h1,5-7H,2-3H3. The highest BCUT2D eigenvalue weighted by molar-refractivity contribution is 5.82. The van der Waals surface area contributed by atoms with Crippen molar-refractivity contribution >= 4 is 10.9 Å². The molecule has 0 N–H and O–H groups in total. The Labute approximate surface area is 77.2 Å². The minimum atomic E-state index is 0.915. The number of aromatic nitrogens is 2. The Hall–Kier alpha value is -1.75. The molecule has 1 aromatic heterocycles. The number of aryl methyl sites for hydroxylation is 2. The predicted molar refractivity (Wildman–Crippen MR) is 53.4 cm³/mol. The van der Waals surface area contributed by atoms with Gasteiger partial charge in [0.15, 0.2) is 0 Å². The molecule has 0 fully saturated rings. The zero-order chi connectivity index (χ0) is 9.42. The molecule has 2 aromatic rings. The molecule has 0 aliphatic carbocycles. The van der Waals surface area contributed by atoms with Crippen molar-refractivity contribution in [3.05, 3.63) is 29.5 Å². The number of hydrogen-bond donors (Lipinski definition) is 0. The molecule has 0 aliphatic rings. The van der Waals surface area contributed by atoms with Crippen LogP contribution in [0.3, 0.4) is 0 Å². The van der Waals surface area contributed by atoms with Gasteiger partial charge in [0.2, 0.25) is 0 Å². The van der Waals surface area contributed by atoms with Crippen LogP contribution in [0.2, 0.25) is 0 Å². The van der Waals surface area contributed by atoms with Crippen LogP contribution >= 0.6 is 0 Å². The average molecular weight is 170 g/mol. The fourth-order valence-corrected chi connectivity index (χ4v) is 1.51. The summed E-state index contributed by atoms with van der Waals surface area (Å²) in [5, 5.41) is 5.44. The molecule has 13 heavy (non-hydrogen) atoms. The summed E-state index contributed by atoms with van der Waals surface area (Å²) in [6.07, 6.45) is 7.31. The van der Waals surface area contributed by atoms with Gasteiger partial charge >= 0.3 is 0 Å². The first kappa shape index (κ1) is 7.88. The zero-order valence-electron chi connectivity index (χ0n) is 7.70. The average Bonchev–Trinajstić information content (AvgIpc) is 2.46. The molecule has 0 saturated heterocycles. The molecule has 0 aliphatic heterocycles. The van der Waals surface area contributed by atoms with Gasteiger partial charge in [-0.3, -0.25) is 4.68 Å². The molecule has 2 nitrogen and oxygen atoms in total. The zero-order valence-corrected chi connectivity index (χ0v) is 7.70. The Morgan fingerprint density at radius 2 is 2.23 bits per heavy atom. The van der Waals surface area contributed by atoms with Gasteiger partial charge in [-0.05, 0) is 24.6 Å². The Morgan fingerprint density at radius 1 is 1.46 bits per heavy atom. The second-order valence-electron chi connectivity index (χ2n) is 3.18. The highest BCUT2D eigenvalue weighted by Gasteiger charge is 2.02. The van der Waals surface area contributed by atoms with Gasteiger partial charge in [0.25, 0.3) is 0 Å². The van der Waals surface area contributed by atoms with Gasteiger partial charge in [0.1, 0.15) is 0 Å². The third-order valence-corrected chi connectivity index (χ3v) is 2.08. The molecule has 0 amide bonds. The molecule has 0 saturated carbocycles. The topological polar surface area (TPSA) is 17.8 Å². The Morgan fingerprint density at radius 3 is 2.92 bits per heavy atom. The fraction of sp³-hybridized carbons (Fsp3) is 0.182. The van der Waals surface area contributed by atoms with E-state index in [2.05, 4.69) is 11.0 Å². The Balaban J connectivity index is 2.85. The van der Waals surface area contributed by atoms with E-state index in [0.29, 0.717) is 0 Å². The van der Waals surface area contributed by atoms with Crippen molar-refractivity contribution in [2.45, 2.75) is 6.92 Å². The van der Waals surface area contributed by atoms with E-state index >= 15 is 0 Å². The summed E-state index contributed by atoms with van der Waals surface area (Å²) in [5.74, 6) is 2.63. The second kappa shape index (κ2) is 2.63. The van der Waals surface area contributed by atoms with Gasteiger partial charge in [-0.2, -0.15) is 5.10 Å². The molecule has 1 heterocycles. The first-order valence-corrected chi connectivity index (χ1v) is 4.11. The number of nitrogens with zero attached hydrogens (tertiary/aromatic N) is 2. The van der Waals surface area contributed by atoms with Gasteiger partial charge in [0.05, 0.1) is 5.52 Å². The monoisotopic (exact) mass is 170 g/mol.